The fraction of sp³-hybridized carbons (Fsp3) is 0.429. The predicted octanol–water partition coefficient (Wildman–Crippen LogP) is 1.68. The van der Waals surface area contributed by atoms with Crippen LogP contribution in [-0.4, -0.2) is 33.3 Å². The number of aromatic carboxylic acids is 1. The van der Waals surface area contributed by atoms with Crippen molar-refractivity contribution in [2.24, 2.45) is 5.92 Å². The van der Waals surface area contributed by atoms with Crippen LogP contribution in [-0.2, 0) is 4.79 Å². The Morgan fingerprint density at radius 2 is 2.33 bits per heavy atom. The number of carbonyl (C=O) groups excluding carboxylic acids is 1. The molecule has 0 aromatic carbocycles. The van der Waals surface area contributed by atoms with Crippen LogP contribution in [0.5, 0.6) is 0 Å². The molecule has 1 amide bonds. The summed E-state index contributed by atoms with van der Waals surface area (Å²) in [6.07, 6.45) is 3.31. The van der Waals surface area contributed by atoms with Gasteiger partial charge in [0.1, 0.15) is 5.54 Å². The maximum atomic E-state index is 11.9. The van der Waals surface area contributed by atoms with E-state index in [-0.39, 0.29) is 23.1 Å². The van der Waals surface area contributed by atoms with Crippen LogP contribution in [0.4, 0.5) is 0 Å². The minimum absolute atomic E-state index is 0.0973. The molecule has 0 bridgehead atoms. The van der Waals surface area contributed by atoms with Gasteiger partial charge in [0.05, 0.1) is 22.4 Å². The van der Waals surface area contributed by atoms with E-state index in [9.17, 15) is 14.9 Å². The van der Waals surface area contributed by atoms with Gasteiger partial charge in [-0.05, 0) is 37.8 Å². The average molecular weight is 305 g/mol. The molecule has 21 heavy (non-hydrogen) atoms. The van der Waals surface area contributed by atoms with Crippen LogP contribution < -0.4 is 5.32 Å². The number of carbonyl (C=O) groups is 2. The van der Waals surface area contributed by atoms with Gasteiger partial charge in [-0.25, -0.2) is 9.78 Å². The molecule has 6 nitrogen and oxygen atoms in total. The Morgan fingerprint density at radius 1 is 1.62 bits per heavy atom. The third kappa shape index (κ3) is 3.95. The molecule has 1 atom stereocenters. The van der Waals surface area contributed by atoms with Gasteiger partial charge in [-0.15, -0.1) is 0 Å². The summed E-state index contributed by atoms with van der Waals surface area (Å²) in [6.45, 7) is 1.73. The van der Waals surface area contributed by atoms with Crippen molar-refractivity contribution in [1.82, 2.24) is 10.3 Å². The smallest absolute Gasteiger partial charge is 0.335 e. The summed E-state index contributed by atoms with van der Waals surface area (Å²) < 4.78 is 0. The van der Waals surface area contributed by atoms with Gasteiger partial charge in [0.2, 0.25) is 5.91 Å². The highest BCUT2D eigenvalue weighted by molar-refractivity contribution is 7.99. The summed E-state index contributed by atoms with van der Waals surface area (Å²) in [4.78, 5) is 26.8. The molecule has 1 unspecified atom stereocenters. The Hall–Kier alpha value is -2.07. The number of hydrogen-bond donors (Lipinski definition) is 2. The number of hydrogen-bond acceptors (Lipinski definition) is 5. The van der Waals surface area contributed by atoms with Gasteiger partial charge < -0.3 is 10.4 Å². The van der Waals surface area contributed by atoms with Crippen LogP contribution in [0.3, 0.4) is 0 Å². The molecule has 1 saturated carbocycles. The molecule has 1 aliphatic carbocycles. The number of nitrogens with one attached hydrogen (secondary N) is 1. The molecule has 2 N–H and O–H groups in total. The van der Waals surface area contributed by atoms with Crippen LogP contribution >= 0.6 is 11.8 Å². The molecule has 110 valence electrons. The van der Waals surface area contributed by atoms with E-state index in [2.05, 4.69) is 16.4 Å². The molecule has 0 saturated heterocycles. The second kappa shape index (κ2) is 6.14. The minimum atomic E-state index is -1.03. The highest BCUT2D eigenvalue weighted by atomic mass is 32.2. The molecular weight excluding hydrogens is 290 g/mol. The van der Waals surface area contributed by atoms with Gasteiger partial charge >= 0.3 is 5.97 Å². The predicted molar refractivity (Wildman–Crippen MR) is 76.8 cm³/mol. The van der Waals surface area contributed by atoms with Gasteiger partial charge in [-0.1, -0.05) is 11.8 Å². The quantitative estimate of drug-likeness (QED) is 0.775. The Morgan fingerprint density at radius 3 is 2.90 bits per heavy atom. The number of rotatable bonds is 6. The summed E-state index contributed by atoms with van der Waals surface area (Å²) in [7, 11) is 0. The van der Waals surface area contributed by atoms with E-state index in [1.54, 1.807) is 6.92 Å². The zero-order chi connectivity index (χ0) is 15.5. The molecule has 1 heterocycles. The van der Waals surface area contributed by atoms with E-state index in [0.717, 1.165) is 24.6 Å². The van der Waals surface area contributed by atoms with Crippen molar-refractivity contribution >= 4 is 23.6 Å². The third-order valence-electron chi connectivity index (χ3n) is 3.36. The number of nitrogens with zero attached hydrogens (tertiary/aromatic N) is 2. The molecule has 1 aromatic heterocycles. The van der Waals surface area contributed by atoms with Crippen molar-refractivity contribution in [1.29, 1.82) is 5.26 Å². The number of pyridine rings is 1. The molecule has 1 aromatic rings. The molecule has 0 aliphatic heterocycles. The van der Waals surface area contributed by atoms with E-state index in [0.29, 0.717) is 5.03 Å². The number of thioether (sulfide) groups is 1. The first-order chi connectivity index (χ1) is 9.94. The molecule has 2 rings (SSSR count). The van der Waals surface area contributed by atoms with E-state index < -0.39 is 11.5 Å². The number of carboxylic acid groups (broad SMARTS) is 1. The summed E-state index contributed by atoms with van der Waals surface area (Å²) in [5.41, 5.74) is -0.679. The lowest BCUT2D eigenvalue weighted by molar-refractivity contribution is -0.119. The maximum Gasteiger partial charge on any atom is 0.335 e. The van der Waals surface area contributed by atoms with E-state index >= 15 is 0 Å². The fourth-order valence-electron chi connectivity index (χ4n) is 1.97. The summed E-state index contributed by atoms with van der Waals surface area (Å²) in [5, 5.41) is 21.3. The van der Waals surface area contributed by atoms with Gasteiger partial charge in [-0.3, -0.25) is 4.79 Å². The second-order valence-electron chi connectivity index (χ2n) is 5.11. The lowest BCUT2D eigenvalue weighted by Crippen LogP contribution is -2.47. The molecular formula is C14H15N3O3S. The van der Waals surface area contributed by atoms with Crippen LogP contribution in [0.2, 0.25) is 0 Å². The van der Waals surface area contributed by atoms with Crippen molar-refractivity contribution < 1.29 is 14.7 Å². The zero-order valence-corrected chi connectivity index (χ0v) is 12.3. The summed E-state index contributed by atoms with van der Waals surface area (Å²) >= 11 is 1.15. The van der Waals surface area contributed by atoms with Crippen molar-refractivity contribution in [3.63, 3.8) is 0 Å². The first-order valence-electron chi connectivity index (χ1n) is 6.49. The van der Waals surface area contributed by atoms with E-state index in [1.807, 2.05) is 0 Å². The van der Waals surface area contributed by atoms with Crippen molar-refractivity contribution in [3.8, 4) is 6.07 Å². The second-order valence-corrected chi connectivity index (χ2v) is 6.11. The largest absolute Gasteiger partial charge is 0.478 e. The van der Waals surface area contributed by atoms with Crippen molar-refractivity contribution in [2.45, 2.75) is 30.3 Å². The van der Waals surface area contributed by atoms with Crippen LogP contribution in [0, 0.1) is 17.2 Å². The highest BCUT2D eigenvalue weighted by Gasteiger charge is 2.42. The van der Waals surface area contributed by atoms with E-state index in [1.165, 1.54) is 18.3 Å². The Kier molecular flexibility index (Phi) is 4.48. The Balaban J connectivity index is 1.91. The average Bonchev–Trinajstić information content (AvgIpc) is 3.30. The van der Waals surface area contributed by atoms with E-state index in [4.69, 9.17) is 5.11 Å². The topological polar surface area (TPSA) is 103 Å². The number of nitriles is 1. The van der Waals surface area contributed by atoms with Gasteiger partial charge in [0.25, 0.3) is 0 Å². The lowest BCUT2D eigenvalue weighted by Gasteiger charge is -2.22. The summed E-state index contributed by atoms with van der Waals surface area (Å²) in [6, 6.07) is 4.98. The maximum absolute atomic E-state index is 11.9. The highest BCUT2D eigenvalue weighted by Crippen LogP contribution is 2.39. The SMILES string of the molecule is CC(C#N)(NC(=O)CSc1cc(C(=O)O)ccn1)C1CC1. The van der Waals surface area contributed by atoms with Crippen LogP contribution in [0.1, 0.15) is 30.1 Å². The summed E-state index contributed by atoms with van der Waals surface area (Å²) in [5.74, 6) is -0.960. The first-order valence-corrected chi connectivity index (χ1v) is 7.47. The Bertz CT molecular complexity index is 610. The van der Waals surface area contributed by atoms with Gasteiger partial charge in [0, 0.05) is 6.20 Å². The lowest BCUT2D eigenvalue weighted by atomic mass is 9.98. The molecule has 1 aliphatic rings. The molecule has 7 heteroatoms. The third-order valence-corrected chi connectivity index (χ3v) is 4.28. The number of carboxylic acids is 1. The molecule has 1 fully saturated rings. The molecule has 0 spiro atoms. The van der Waals surface area contributed by atoms with Gasteiger partial charge in [-0.2, -0.15) is 5.26 Å². The molecule has 0 radical (unpaired) electrons. The minimum Gasteiger partial charge on any atom is -0.478 e. The van der Waals surface area contributed by atoms with Crippen LogP contribution in [0.15, 0.2) is 23.4 Å². The van der Waals surface area contributed by atoms with Crippen molar-refractivity contribution in [2.75, 3.05) is 5.75 Å². The normalized spacial score (nSPS) is 16.6. The standard InChI is InChI=1S/C14H15N3O3S/c1-14(8-15,10-2-3-10)17-11(18)7-21-12-6-9(13(19)20)4-5-16-12/h4-6,10H,2-3,7H2,1H3,(H,17,18)(H,19,20). The number of aromatic nitrogens is 1. The first kappa shape index (κ1) is 15.3. The number of amides is 1. The van der Waals surface area contributed by atoms with Crippen molar-refractivity contribution in [3.05, 3.63) is 23.9 Å². The fourth-order valence-corrected chi connectivity index (χ4v) is 2.67. The zero-order valence-electron chi connectivity index (χ0n) is 11.5. The van der Waals surface area contributed by atoms with Gasteiger partial charge in [0.15, 0.2) is 0 Å². The monoisotopic (exact) mass is 305 g/mol. The Labute approximate surface area is 126 Å². The van der Waals surface area contributed by atoms with Crippen LogP contribution in [0.25, 0.3) is 0 Å².